The topological polar surface area (TPSA) is 84.9 Å². The van der Waals surface area contributed by atoms with Gasteiger partial charge < -0.3 is 29.3 Å². The number of nitrogens with one attached hydrogen (secondary N) is 1. The number of nitrogens with zero attached hydrogens (tertiary/aromatic N) is 5. The summed E-state index contributed by atoms with van der Waals surface area (Å²) in [6, 6.07) is 10.2. The first kappa shape index (κ1) is 24.2. The van der Waals surface area contributed by atoms with Crippen molar-refractivity contribution in [3.8, 4) is 17.1 Å². The molecule has 2 aliphatic rings. The van der Waals surface area contributed by atoms with Crippen LogP contribution in [0.3, 0.4) is 0 Å². The molecule has 36 heavy (non-hydrogen) atoms. The number of piperazine rings is 1. The Labute approximate surface area is 211 Å². The highest BCUT2D eigenvalue weighted by atomic mass is 16.5. The van der Waals surface area contributed by atoms with Crippen LogP contribution in [-0.2, 0) is 22.7 Å². The van der Waals surface area contributed by atoms with E-state index >= 15 is 0 Å². The molecule has 6 bridgehead atoms. The Kier molecular flexibility index (Phi) is 7.70. The number of ether oxygens (including phenoxy) is 3. The van der Waals surface area contributed by atoms with Crippen LogP contribution in [0.15, 0.2) is 54.9 Å². The zero-order valence-electron chi connectivity index (χ0n) is 20.8. The quantitative estimate of drug-likeness (QED) is 0.544. The third kappa shape index (κ3) is 5.81. The summed E-state index contributed by atoms with van der Waals surface area (Å²) in [6.45, 7) is 5.96. The molecule has 2 aromatic heterocycles. The molecule has 0 unspecified atom stereocenters. The summed E-state index contributed by atoms with van der Waals surface area (Å²) in [4.78, 5) is 18.4. The minimum Gasteiger partial charge on any atom is -0.481 e. The smallest absolute Gasteiger partial charge is 0.227 e. The minimum absolute atomic E-state index is 0.379. The van der Waals surface area contributed by atoms with Crippen molar-refractivity contribution in [1.82, 2.24) is 19.9 Å². The van der Waals surface area contributed by atoms with Crippen LogP contribution in [0.1, 0.15) is 11.1 Å². The van der Waals surface area contributed by atoms with Gasteiger partial charge in [0.25, 0.3) is 0 Å². The van der Waals surface area contributed by atoms with E-state index in [1.165, 1.54) is 5.69 Å². The summed E-state index contributed by atoms with van der Waals surface area (Å²) in [5, 5.41) is 3.37. The maximum Gasteiger partial charge on any atom is 0.227 e. The van der Waals surface area contributed by atoms with Crippen LogP contribution in [0.2, 0.25) is 0 Å². The number of likely N-dealkylation sites (N-methyl/N-ethyl adjacent to an activating group) is 1. The van der Waals surface area contributed by atoms with E-state index < -0.39 is 0 Å². The van der Waals surface area contributed by atoms with Crippen LogP contribution in [-0.4, -0.2) is 73.4 Å². The molecule has 0 saturated carbocycles. The molecule has 188 valence electrons. The molecule has 1 fully saturated rings. The van der Waals surface area contributed by atoms with Crippen molar-refractivity contribution < 1.29 is 14.2 Å². The standard InChI is InChI=1S/C27H32N6O3/c1-32-9-11-33(12-10-32)25-6-5-23-16-21(25)18-35-13-3-4-14-36-19-22-15-20(17-29-26(22)34-2)24-7-8-28-27(30-23)31-24/h3-8,15-17H,9-14,18-19H2,1-2H3,(H,28,30,31)/b4-3-. The van der Waals surface area contributed by atoms with E-state index in [0.29, 0.717) is 38.3 Å². The van der Waals surface area contributed by atoms with Crippen molar-refractivity contribution in [3.63, 3.8) is 0 Å². The van der Waals surface area contributed by atoms with Crippen LogP contribution < -0.4 is 15.0 Å². The summed E-state index contributed by atoms with van der Waals surface area (Å²) < 4.78 is 17.3. The normalized spacial score (nSPS) is 18.0. The lowest BCUT2D eigenvalue weighted by Crippen LogP contribution is -2.44. The summed E-state index contributed by atoms with van der Waals surface area (Å²) in [6.07, 6.45) is 7.47. The zero-order valence-corrected chi connectivity index (χ0v) is 20.8. The highest BCUT2D eigenvalue weighted by molar-refractivity contribution is 5.66. The molecule has 9 nitrogen and oxygen atoms in total. The van der Waals surface area contributed by atoms with Crippen molar-refractivity contribution in [2.75, 3.05) is 63.8 Å². The predicted octanol–water partition coefficient (Wildman–Crippen LogP) is 3.65. The fourth-order valence-electron chi connectivity index (χ4n) is 4.38. The number of methoxy groups -OCH3 is 1. The Bertz CT molecular complexity index is 1210. The maximum atomic E-state index is 6.02. The first-order valence-corrected chi connectivity index (χ1v) is 12.2. The largest absolute Gasteiger partial charge is 0.481 e. The fraction of sp³-hybridized carbons (Fsp3) is 0.370. The lowest BCUT2D eigenvalue weighted by molar-refractivity contribution is 0.139. The minimum atomic E-state index is 0.379. The average Bonchev–Trinajstić information content (AvgIpc) is 2.90. The van der Waals surface area contributed by atoms with Gasteiger partial charge in [0.15, 0.2) is 0 Å². The first-order chi connectivity index (χ1) is 17.7. The van der Waals surface area contributed by atoms with Crippen molar-refractivity contribution in [1.29, 1.82) is 0 Å². The van der Waals surface area contributed by atoms with Crippen molar-refractivity contribution in [2.24, 2.45) is 0 Å². The molecule has 0 atom stereocenters. The van der Waals surface area contributed by atoms with E-state index in [0.717, 1.165) is 54.3 Å². The van der Waals surface area contributed by atoms with Gasteiger partial charge in [0.1, 0.15) is 0 Å². The second-order valence-electron chi connectivity index (χ2n) is 8.92. The molecule has 0 spiro atoms. The Balaban J connectivity index is 1.47. The van der Waals surface area contributed by atoms with E-state index in [9.17, 15) is 0 Å². The Morgan fingerprint density at radius 1 is 0.917 bits per heavy atom. The van der Waals surface area contributed by atoms with Gasteiger partial charge in [0.05, 0.1) is 39.2 Å². The number of hydrogen-bond donors (Lipinski definition) is 1. The highest BCUT2D eigenvalue weighted by Gasteiger charge is 2.18. The number of pyridine rings is 1. The average molecular weight is 489 g/mol. The van der Waals surface area contributed by atoms with Gasteiger partial charge in [-0.1, -0.05) is 12.2 Å². The zero-order chi connectivity index (χ0) is 24.7. The summed E-state index contributed by atoms with van der Waals surface area (Å²) in [5.74, 6) is 1.06. The van der Waals surface area contributed by atoms with Gasteiger partial charge in [-0.05, 0) is 37.4 Å². The molecule has 0 aliphatic carbocycles. The summed E-state index contributed by atoms with van der Waals surface area (Å²) in [7, 11) is 3.78. The first-order valence-electron chi connectivity index (χ1n) is 12.2. The second kappa shape index (κ2) is 11.5. The van der Waals surface area contributed by atoms with E-state index in [1.54, 1.807) is 19.5 Å². The molecule has 4 heterocycles. The number of hydrogen-bond acceptors (Lipinski definition) is 9. The summed E-state index contributed by atoms with van der Waals surface area (Å²) in [5.41, 5.74) is 5.76. The van der Waals surface area contributed by atoms with Gasteiger partial charge in [0, 0.05) is 66.6 Å². The van der Waals surface area contributed by atoms with Crippen molar-refractivity contribution in [2.45, 2.75) is 13.2 Å². The van der Waals surface area contributed by atoms with E-state index in [2.05, 4.69) is 50.3 Å². The molecular weight excluding hydrogens is 456 g/mol. The molecular formula is C27H32N6O3. The SMILES string of the molecule is COc1ncc2cc1COC/C=C\COCc1cc(ccc1N1CCN(C)CC1)Nc1nccc-2n1. The Morgan fingerprint density at radius 3 is 2.47 bits per heavy atom. The molecule has 5 rings (SSSR count). The van der Waals surface area contributed by atoms with Gasteiger partial charge in [-0.3, -0.25) is 0 Å². The third-order valence-electron chi connectivity index (χ3n) is 6.36. The molecule has 3 aromatic rings. The fourth-order valence-corrected chi connectivity index (χ4v) is 4.38. The van der Waals surface area contributed by atoms with Crippen LogP contribution >= 0.6 is 0 Å². The number of rotatable bonds is 2. The molecule has 9 heteroatoms. The second-order valence-corrected chi connectivity index (χ2v) is 8.92. The number of aromatic nitrogens is 3. The molecule has 0 amide bonds. The maximum absolute atomic E-state index is 6.02. The molecule has 0 radical (unpaired) electrons. The van der Waals surface area contributed by atoms with E-state index in [-0.39, 0.29) is 0 Å². The van der Waals surface area contributed by atoms with Crippen LogP contribution in [0, 0.1) is 0 Å². The van der Waals surface area contributed by atoms with Crippen molar-refractivity contribution >= 4 is 17.3 Å². The van der Waals surface area contributed by atoms with Crippen LogP contribution in [0.25, 0.3) is 11.3 Å². The van der Waals surface area contributed by atoms with Gasteiger partial charge in [-0.2, -0.15) is 0 Å². The predicted molar refractivity (Wildman–Crippen MR) is 140 cm³/mol. The lowest BCUT2D eigenvalue weighted by atomic mass is 10.1. The van der Waals surface area contributed by atoms with Gasteiger partial charge in [-0.15, -0.1) is 0 Å². The van der Waals surface area contributed by atoms with E-state index in [1.807, 2.05) is 24.3 Å². The van der Waals surface area contributed by atoms with Crippen molar-refractivity contribution in [3.05, 3.63) is 66.0 Å². The monoisotopic (exact) mass is 488 g/mol. The molecule has 2 aliphatic heterocycles. The Morgan fingerprint density at radius 2 is 1.69 bits per heavy atom. The summed E-state index contributed by atoms with van der Waals surface area (Å²) >= 11 is 0. The molecule has 1 N–H and O–H groups in total. The Hall–Kier alpha value is -3.53. The van der Waals surface area contributed by atoms with Gasteiger partial charge in [-0.25, -0.2) is 15.0 Å². The van der Waals surface area contributed by atoms with Crippen LogP contribution in [0.4, 0.5) is 17.3 Å². The number of benzene rings is 1. The molecule has 1 saturated heterocycles. The molecule has 1 aromatic carbocycles. The van der Waals surface area contributed by atoms with E-state index in [4.69, 9.17) is 19.2 Å². The van der Waals surface area contributed by atoms with Gasteiger partial charge in [0.2, 0.25) is 11.8 Å². The van der Waals surface area contributed by atoms with Crippen LogP contribution in [0.5, 0.6) is 5.88 Å². The number of anilines is 3. The number of fused-ring (bicyclic) bond motifs is 7. The lowest BCUT2D eigenvalue weighted by Gasteiger charge is -2.35. The van der Waals surface area contributed by atoms with Gasteiger partial charge >= 0.3 is 0 Å². The third-order valence-corrected chi connectivity index (χ3v) is 6.36. The highest BCUT2D eigenvalue weighted by Crippen LogP contribution is 2.29.